The lowest BCUT2D eigenvalue weighted by Gasteiger charge is -2.20. The quantitative estimate of drug-likeness (QED) is 0.0320. The van der Waals surface area contributed by atoms with Gasteiger partial charge in [0, 0.05) is 12.8 Å². The van der Waals surface area contributed by atoms with E-state index in [-0.39, 0.29) is 18.5 Å². The van der Waals surface area contributed by atoms with Gasteiger partial charge < -0.3 is 20.3 Å². The van der Waals surface area contributed by atoms with Crippen LogP contribution in [0.15, 0.2) is 48.6 Å². The molecule has 0 aromatic carbocycles. The van der Waals surface area contributed by atoms with Gasteiger partial charge in [-0.3, -0.25) is 9.59 Å². The molecule has 6 heteroatoms. The zero-order valence-electron chi connectivity index (χ0n) is 53.8. The minimum atomic E-state index is -0.844. The van der Waals surface area contributed by atoms with E-state index in [1.165, 1.54) is 308 Å². The molecule has 6 nitrogen and oxygen atoms in total. The van der Waals surface area contributed by atoms with Crippen LogP contribution >= 0.6 is 0 Å². The number of amides is 1. The number of carbonyl (C=O) groups excluding carboxylic acids is 2. The first-order valence-corrected chi connectivity index (χ1v) is 35.9. The Morgan fingerprint density at radius 1 is 0.350 bits per heavy atom. The van der Waals surface area contributed by atoms with Crippen molar-refractivity contribution in [1.82, 2.24) is 5.32 Å². The van der Waals surface area contributed by atoms with Crippen LogP contribution in [0, 0.1) is 0 Å². The van der Waals surface area contributed by atoms with Crippen LogP contribution in [-0.4, -0.2) is 47.4 Å². The summed E-state index contributed by atoms with van der Waals surface area (Å²) < 4.78 is 5.50. The zero-order valence-corrected chi connectivity index (χ0v) is 53.8. The van der Waals surface area contributed by atoms with Crippen molar-refractivity contribution < 1.29 is 24.5 Å². The van der Waals surface area contributed by atoms with Gasteiger partial charge >= 0.3 is 5.97 Å². The molecule has 3 N–H and O–H groups in total. The Morgan fingerprint density at radius 2 is 0.625 bits per heavy atom. The van der Waals surface area contributed by atoms with Crippen LogP contribution in [-0.2, 0) is 14.3 Å². The third-order valence-corrected chi connectivity index (χ3v) is 16.6. The fourth-order valence-corrected chi connectivity index (χ4v) is 11.1. The summed E-state index contributed by atoms with van der Waals surface area (Å²) in [5.74, 6) is -0.0561. The minimum Gasteiger partial charge on any atom is -0.466 e. The van der Waals surface area contributed by atoms with Gasteiger partial charge in [0.2, 0.25) is 5.91 Å². The molecule has 0 saturated carbocycles. The fourth-order valence-electron chi connectivity index (χ4n) is 11.1. The van der Waals surface area contributed by atoms with E-state index in [2.05, 4.69) is 55.6 Å². The van der Waals surface area contributed by atoms with Gasteiger partial charge in [0.05, 0.1) is 25.4 Å². The second-order valence-corrected chi connectivity index (χ2v) is 24.6. The number of carbonyl (C=O) groups is 2. The van der Waals surface area contributed by atoms with E-state index >= 15 is 0 Å². The van der Waals surface area contributed by atoms with Gasteiger partial charge in [0.15, 0.2) is 0 Å². The highest BCUT2D eigenvalue weighted by atomic mass is 16.5. The number of hydrogen-bond acceptors (Lipinski definition) is 5. The number of allylic oxidation sites excluding steroid dienone is 7. The van der Waals surface area contributed by atoms with Gasteiger partial charge in [-0.15, -0.1) is 0 Å². The Morgan fingerprint density at radius 3 is 0.975 bits per heavy atom. The minimum absolute atomic E-state index is 0.00899. The average molecular weight is 1120 g/mol. The molecule has 2 atom stereocenters. The van der Waals surface area contributed by atoms with E-state index in [0.717, 1.165) is 51.4 Å². The molecule has 0 spiro atoms. The summed E-state index contributed by atoms with van der Waals surface area (Å²) in [6.45, 7) is 4.91. The first-order chi connectivity index (χ1) is 39.5. The predicted octanol–water partition coefficient (Wildman–Crippen LogP) is 23.3. The van der Waals surface area contributed by atoms with Crippen molar-refractivity contribution in [3.63, 3.8) is 0 Å². The van der Waals surface area contributed by atoms with E-state index in [9.17, 15) is 19.8 Å². The molecule has 0 aliphatic rings. The lowest BCUT2D eigenvalue weighted by molar-refractivity contribution is -0.143. The van der Waals surface area contributed by atoms with Crippen LogP contribution in [0.25, 0.3) is 0 Å². The van der Waals surface area contributed by atoms with E-state index < -0.39 is 12.1 Å². The second kappa shape index (κ2) is 69.3. The van der Waals surface area contributed by atoms with Crippen LogP contribution in [0.2, 0.25) is 0 Å². The first-order valence-electron chi connectivity index (χ1n) is 35.9. The van der Waals surface area contributed by atoms with Gasteiger partial charge in [0.25, 0.3) is 0 Å². The number of unbranched alkanes of at least 4 members (excludes halogenated alkanes) is 50. The van der Waals surface area contributed by atoms with Gasteiger partial charge in [-0.05, 0) is 89.9 Å². The van der Waals surface area contributed by atoms with Gasteiger partial charge in [-0.1, -0.05) is 332 Å². The van der Waals surface area contributed by atoms with E-state index in [0.29, 0.717) is 19.4 Å². The molecule has 470 valence electrons. The largest absolute Gasteiger partial charge is 0.466 e. The molecule has 2 unspecified atom stereocenters. The van der Waals surface area contributed by atoms with E-state index in [4.69, 9.17) is 4.74 Å². The van der Waals surface area contributed by atoms with Crippen molar-refractivity contribution in [3.8, 4) is 0 Å². The standard InChI is InChI=1S/C74H139NO5/c1-3-5-7-9-11-13-15-17-19-21-36-40-44-48-52-56-60-64-68-74(79)80-69-65-61-57-53-49-45-41-37-34-32-30-28-26-24-22-23-25-27-29-31-33-35-39-43-47-51-55-59-63-67-73(78)75-71(70-76)72(77)66-62-58-54-50-46-42-38-20-18-16-14-12-10-8-6-4-2/h13,15,19,21-22,24,62,66,71-72,76-77H,3-12,14,16-18,20,23,25-61,63-65,67-70H2,1-2H3,(H,75,78)/b15-13-,21-19-,24-22-,66-62+. The summed E-state index contributed by atoms with van der Waals surface area (Å²) >= 11 is 0. The highest BCUT2D eigenvalue weighted by Gasteiger charge is 2.18. The summed E-state index contributed by atoms with van der Waals surface area (Å²) in [5.41, 5.74) is 0. The molecule has 0 saturated heterocycles. The molecule has 0 aromatic rings. The number of ether oxygens (including phenoxy) is 1. The molecule has 0 radical (unpaired) electrons. The molecule has 0 aliphatic heterocycles. The highest BCUT2D eigenvalue weighted by Crippen LogP contribution is 2.18. The van der Waals surface area contributed by atoms with Crippen LogP contribution in [0.1, 0.15) is 386 Å². The van der Waals surface area contributed by atoms with Crippen molar-refractivity contribution >= 4 is 11.9 Å². The second-order valence-electron chi connectivity index (χ2n) is 24.6. The molecule has 0 heterocycles. The lowest BCUT2D eigenvalue weighted by atomic mass is 10.0. The number of hydrogen-bond donors (Lipinski definition) is 3. The summed E-state index contributed by atoms with van der Waals surface area (Å²) in [6, 6.07) is -0.628. The summed E-state index contributed by atoms with van der Waals surface area (Å²) in [6.07, 6.45) is 90.5. The Balaban J connectivity index is 3.39. The smallest absolute Gasteiger partial charge is 0.305 e. The van der Waals surface area contributed by atoms with Crippen molar-refractivity contribution in [2.24, 2.45) is 0 Å². The summed E-state index contributed by atoms with van der Waals surface area (Å²) in [5, 5.41) is 23.2. The van der Waals surface area contributed by atoms with Crippen LogP contribution < -0.4 is 5.32 Å². The SMILES string of the molecule is CCCCCC/C=C\C/C=C\CCCCCCCCCC(=O)OCCCCCCCCCCCCCC/C=C\CCCCCCCCCCCCCCCC(=O)NC(CO)C(O)/C=C/CCCCCCCCCCCCCCCC. The summed E-state index contributed by atoms with van der Waals surface area (Å²) in [4.78, 5) is 24.6. The maximum absolute atomic E-state index is 12.5. The van der Waals surface area contributed by atoms with Gasteiger partial charge in [-0.25, -0.2) is 0 Å². The molecule has 0 aromatic heterocycles. The third kappa shape index (κ3) is 65.0. The number of rotatable bonds is 67. The number of aliphatic hydroxyl groups excluding tert-OH is 2. The molecule has 1 amide bonds. The fraction of sp³-hybridized carbons (Fsp3) is 0.865. The van der Waals surface area contributed by atoms with Crippen LogP contribution in [0.3, 0.4) is 0 Å². The zero-order chi connectivity index (χ0) is 57.8. The highest BCUT2D eigenvalue weighted by molar-refractivity contribution is 5.76. The van der Waals surface area contributed by atoms with Crippen molar-refractivity contribution in [2.75, 3.05) is 13.2 Å². The monoisotopic (exact) mass is 1120 g/mol. The molecule has 0 fully saturated rings. The summed E-state index contributed by atoms with van der Waals surface area (Å²) in [7, 11) is 0. The van der Waals surface area contributed by atoms with Crippen molar-refractivity contribution in [3.05, 3.63) is 48.6 Å². The van der Waals surface area contributed by atoms with E-state index in [1.54, 1.807) is 6.08 Å². The molecule has 80 heavy (non-hydrogen) atoms. The molecular formula is C74H139NO5. The molecule has 0 aliphatic carbocycles. The molecule has 0 bridgehead atoms. The average Bonchev–Trinajstić information content (AvgIpc) is 3.46. The number of esters is 1. The third-order valence-electron chi connectivity index (χ3n) is 16.6. The number of nitrogens with one attached hydrogen (secondary N) is 1. The Bertz CT molecular complexity index is 1340. The Hall–Kier alpha value is -2.18. The topological polar surface area (TPSA) is 95.9 Å². The molecule has 0 rings (SSSR count). The first kappa shape index (κ1) is 77.8. The number of aliphatic hydroxyl groups is 2. The van der Waals surface area contributed by atoms with E-state index in [1.807, 2.05) is 6.08 Å². The van der Waals surface area contributed by atoms with Crippen molar-refractivity contribution in [2.45, 2.75) is 398 Å². The van der Waals surface area contributed by atoms with Gasteiger partial charge in [0.1, 0.15) is 0 Å². The Kier molecular flexibility index (Phi) is 67.4. The van der Waals surface area contributed by atoms with Gasteiger partial charge in [-0.2, -0.15) is 0 Å². The maximum Gasteiger partial charge on any atom is 0.305 e. The van der Waals surface area contributed by atoms with Crippen molar-refractivity contribution in [1.29, 1.82) is 0 Å². The van der Waals surface area contributed by atoms with Crippen LogP contribution in [0.4, 0.5) is 0 Å². The Labute approximate surface area is 499 Å². The van der Waals surface area contributed by atoms with Crippen LogP contribution in [0.5, 0.6) is 0 Å². The maximum atomic E-state index is 12.5. The predicted molar refractivity (Wildman–Crippen MR) is 352 cm³/mol. The molecular weight excluding hydrogens is 983 g/mol. The lowest BCUT2D eigenvalue weighted by Crippen LogP contribution is -2.45. The normalized spacial score (nSPS) is 12.8.